The Balaban J connectivity index is 2.39. The molecule has 5 nitrogen and oxygen atoms in total. The SMILES string of the molecule is CCNc1nc(NC(C)CCO)c2cc(CC)sc2n1. The third-order valence-corrected chi connectivity index (χ3v) is 4.25. The van der Waals surface area contributed by atoms with Crippen LogP contribution in [0.3, 0.4) is 0 Å². The van der Waals surface area contributed by atoms with E-state index in [-0.39, 0.29) is 12.6 Å². The Morgan fingerprint density at radius 1 is 1.35 bits per heavy atom. The zero-order valence-corrected chi connectivity index (χ0v) is 13.0. The van der Waals surface area contributed by atoms with Gasteiger partial charge < -0.3 is 15.7 Å². The van der Waals surface area contributed by atoms with Gasteiger partial charge in [0.1, 0.15) is 10.6 Å². The second-order valence-electron chi connectivity index (χ2n) is 4.77. The first kappa shape index (κ1) is 15.0. The number of aliphatic hydroxyl groups excluding tert-OH is 1. The van der Waals surface area contributed by atoms with E-state index in [2.05, 4.69) is 33.6 Å². The number of thiophene rings is 1. The third kappa shape index (κ3) is 3.37. The molecule has 0 aliphatic carbocycles. The summed E-state index contributed by atoms with van der Waals surface area (Å²) in [6.45, 7) is 7.19. The molecule has 110 valence electrons. The number of hydrogen-bond donors (Lipinski definition) is 3. The predicted octanol–water partition coefficient (Wildman–Crippen LogP) is 2.87. The van der Waals surface area contributed by atoms with Crippen molar-refractivity contribution >= 4 is 33.3 Å². The molecule has 3 N–H and O–H groups in total. The van der Waals surface area contributed by atoms with Crippen molar-refractivity contribution < 1.29 is 5.11 Å². The van der Waals surface area contributed by atoms with E-state index in [1.165, 1.54) is 4.88 Å². The number of fused-ring (bicyclic) bond motifs is 1. The van der Waals surface area contributed by atoms with Gasteiger partial charge in [-0.3, -0.25) is 0 Å². The van der Waals surface area contributed by atoms with Crippen LogP contribution in [0.15, 0.2) is 6.07 Å². The van der Waals surface area contributed by atoms with E-state index in [0.29, 0.717) is 12.4 Å². The van der Waals surface area contributed by atoms with Crippen molar-refractivity contribution in [2.75, 3.05) is 23.8 Å². The number of aliphatic hydroxyl groups is 1. The second-order valence-corrected chi connectivity index (χ2v) is 5.88. The van der Waals surface area contributed by atoms with E-state index < -0.39 is 0 Å². The molecule has 1 unspecified atom stereocenters. The molecule has 0 saturated carbocycles. The van der Waals surface area contributed by atoms with Crippen LogP contribution in [0.5, 0.6) is 0 Å². The van der Waals surface area contributed by atoms with Crippen LogP contribution in [0.1, 0.15) is 32.1 Å². The molecular weight excluding hydrogens is 272 g/mol. The molecule has 0 radical (unpaired) electrons. The molecule has 2 aromatic heterocycles. The van der Waals surface area contributed by atoms with Crippen LogP contribution in [0.25, 0.3) is 10.2 Å². The Morgan fingerprint density at radius 3 is 2.80 bits per heavy atom. The minimum absolute atomic E-state index is 0.173. The van der Waals surface area contributed by atoms with Gasteiger partial charge >= 0.3 is 0 Å². The summed E-state index contributed by atoms with van der Waals surface area (Å²) in [6.07, 6.45) is 1.70. The Labute approximate surface area is 123 Å². The lowest BCUT2D eigenvalue weighted by Crippen LogP contribution is -2.18. The molecule has 0 aliphatic rings. The summed E-state index contributed by atoms with van der Waals surface area (Å²) in [5.74, 6) is 1.51. The molecule has 2 rings (SSSR count). The summed E-state index contributed by atoms with van der Waals surface area (Å²) in [5, 5.41) is 16.6. The molecule has 2 heterocycles. The van der Waals surface area contributed by atoms with Crippen molar-refractivity contribution in [2.45, 2.75) is 39.7 Å². The molecular formula is C14H22N4OS. The summed E-state index contributed by atoms with van der Waals surface area (Å²) in [6, 6.07) is 2.33. The lowest BCUT2D eigenvalue weighted by molar-refractivity contribution is 0.282. The van der Waals surface area contributed by atoms with Crippen LogP contribution >= 0.6 is 11.3 Å². The van der Waals surface area contributed by atoms with Crippen LogP contribution in [0.2, 0.25) is 0 Å². The van der Waals surface area contributed by atoms with Crippen molar-refractivity contribution in [2.24, 2.45) is 0 Å². The molecule has 1 atom stereocenters. The Kier molecular flexibility index (Phi) is 5.14. The van der Waals surface area contributed by atoms with Crippen molar-refractivity contribution in [1.29, 1.82) is 0 Å². The Morgan fingerprint density at radius 2 is 2.15 bits per heavy atom. The van der Waals surface area contributed by atoms with Crippen LogP contribution in [-0.4, -0.2) is 34.3 Å². The molecule has 6 heteroatoms. The van der Waals surface area contributed by atoms with Gasteiger partial charge in [0.25, 0.3) is 0 Å². The molecule has 0 spiro atoms. The number of nitrogens with one attached hydrogen (secondary N) is 2. The van der Waals surface area contributed by atoms with Crippen molar-refractivity contribution in [3.05, 3.63) is 10.9 Å². The summed E-state index contributed by atoms with van der Waals surface area (Å²) >= 11 is 1.71. The van der Waals surface area contributed by atoms with E-state index in [0.717, 1.165) is 29.0 Å². The van der Waals surface area contributed by atoms with Crippen molar-refractivity contribution in [1.82, 2.24) is 9.97 Å². The van der Waals surface area contributed by atoms with Gasteiger partial charge in [-0.1, -0.05) is 6.92 Å². The van der Waals surface area contributed by atoms with E-state index in [1.54, 1.807) is 11.3 Å². The highest BCUT2D eigenvalue weighted by Gasteiger charge is 2.13. The fourth-order valence-corrected chi connectivity index (χ4v) is 2.96. The molecule has 20 heavy (non-hydrogen) atoms. The van der Waals surface area contributed by atoms with E-state index >= 15 is 0 Å². The molecule has 2 aromatic rings. The van der Waals surface area contributed by atoms with Gasteiger partial charge in [0.15, 0.2) is 0 Å². The quantitative estimate of drug-likeness (QED) is 0.732. The molecule has 0 aliphatic heterocycles. The fourth-order valence-electron chi connectivity index (χ4n) is 1.99. The van der Waals surface area contributed by atoms with Gasteiger partial charge in [-0.15, -0.1) is 11.3 Å². The first-order chi connectivity index (χ1) is 9.67. The fraction of sp³-hybridized carbons (Fsp3) is 0.571. The van der Waals surface area contributed by atoms with Crippen LogP contribution < -0.4 is 10.6 Å². The molecule has 0 saturated heterocycles. The standard InChI is InChI=1S/C14H22N4OS/c1-4-10-8-11-12(16-9(3)6-7-19)17-14(15-5-2)18-13(11)20-10/h8-9,19H,4-7H2,1-3H3,(H2,15,16,17,18). The van der Waals surface area contributed by atoms with Gasteiger partial charge in [-0.2, -0.15) is 4.98 Å². The molecule has 0 fully saturated rings. The number of aromatic nitrogens is 2. The number of aryl methyl sites for hydroxylation is 1. The number of hydrogen-bond acceptors (Lipinski definition) is 6. The number of anilines is 2. The molecule has 0 bridgehead atoms. The Bertz CT molecular complexity index is 570. The smallest absolute Gasteiger partial charge is 0.226 e. The van der Waals surface area contributed by atoms with Crippen LogP contribution in [0.4, 0.5) is 11.8 Å². The maximum Gasteiger partial charge on any atom is 0.226 e. The largest absolute Gasteiger partial charge is 0.396 e. The first-order valence-corrected chi connectivity index (χ1v) is 7.91. The zero-order valence-electron chi connectivity index (χ0n) is 12.2. The minimum Gasteiger partial charge on any atom is -0.396 e. The molecule has 0 aromatic carbocycles. The highest BCUT2D eigenvalue weighted by atomic mass is 32.1. The highest BCUT2D eigenvalue weighted by molar-refractivity contribution is 7.18. The highest BCUT2D eigenvalue weighted by Crippen LogP contribution is 2.30. The van der Waals surface area contributed by atoms with Gasteiger partial charge in [0, 0.05) is 24.1 Å². The van der Waals surface area contributed by atoms with Gasteiger partial charge in [0.05, 0.1) is 5.39 Å². The van der Waals surface area contributed by atoms with Crippen LogP contribution in [0, 0.1) is 0 Å². The maximum absolute atomic E-state index is 9.03. The van der Waals surface area contributed by atoms with E-state index in [9.17, 15) is 0 Å². The third-order valence-electron chi connectivity index (χ3n) is 3.07. The predicted molar refractivity (Wildman–Crippen MR) is 85.7 cm³/mol. The normalized spacial score (nSPS) is 12.6. The zero-order chi connectivity index (χ0) is 14.5. The number of rotatable bonds is 7. The number of nitrogens with zero attached hydrogens (tertiary/aromatic N) is 2. The van der Waals surface area contributed by atoms with Crippen LogP contribution in [-0.2, 0) is 6.42 Å². The van der Waals surface area contributed by atoms with Crippen molar-refractivity contribution in [3.63, 3.8) is 0 Å². The molecule has 0 amide bonds. The van der Waals surface area contributed by atoms with Gasteiger partial charge in [0.2, 0.25) is 5.95 Å². The summed E-state index contributed by atoms with van der Waals surface area (Å²) < 4.78 is 0. The topological polar surface area (TPSA) is 70.1 Å². The minimum atomic E-state index is 0.173. The van der Waals surface area contributed by atoms with E-state index in [4.69, 9.17) is 5.11 Å². The summed E-state index contributed by atoms with van der Waals surface area (Å²) in [5.41, 5.74) is 0. The maximum atomic E-state index is 9.03. The van der Waals surface area contributed by atoms with Crippen molar-refractivity contribution in [3.8, 4) is 0 Å². The van der Waals surface area contributed by atoms with Gasteiger partial charge in [-0.05, 0) is 32.8 Å². The lowest BCUT2D eigenvalue weighted by atomic mass is 10.2. The average molecular weight is 294 g/mol. The monoisotopic (exact) mass is 294 g/mol. The van der Waals surface area contributed by atoms with E-state index in [1.807, 2.05) is 13.8 Å². The average Bonchev–Trinajstić information content (AvgIpc) is 2.82. The van der Waals surface area contributed by atoms with Gasteiger partial charge in [-0.25, -0.2) is 4.98 Å². The lowest BCUT2D eigenvalue weighted by Gasteiger charge is -2.14. The second kappa shape index (κ2) is 6.85. The first-order valence-electron chi connectivity index (χ1n) is 7.09. The summed E-state index contributed by atoms with van der Waals surface area (Å²) in [7, 11) is 0. The Hall–Kier alpha value is -1.40. The summed E-state index contributed by atoms with van der Waals surface area (Å²) in [4.78, 5) is 11.4.